The highest BCUT2D eigenvalue weighted by molar-refractivity contribution is 7.98. The Morgan fingerprint density at radius 2 is 2.00 bits per heavy atom. The maximum atomic E-state index is 14.2. The molecule has 1 aromatic carbocycles. The van der Waals surface area contributed by atoms with E-state index in [9.17, 15) is 19.2 Å². The number of carbonyl (C=O) groups excluding carboxylic acids is 2. The van der Waals surface area contributed by atoms with Crippen molar-refractivity contribution in [1.29, 1.82) is 5.26 Å². The van der Waals surface area contributed by atoms with Gasteiger partial charge in [-0.3, -0.25) is 14.5 Å². The highest BCUT2D eigenvalue weighted by atomic mass is 32.2. The Bertz CT molecular complexity index is 1170. The monoisotopic (exact) mass is 440 g/mol. The van der Waals surface area contributed by atoms with E-state index < -0.39 is 5.82 Å². The van der Waals surface area contributed by atoms with E-state index in [1.165, 1.54) is 54.0 Å². The van der Waals surface area contributed by atoms with Gasteiger partial charge in [0.05, 0.1) is 16.9 Å². The standard InChI is InChI=1S/C21H17FN4O2S2/c1-12-17(13(2)27)8-15(9-23)20(24-12)29-10-16-11-30-21(25-16)26(14(3)28)19-7-5-4-6-18(19)22/h4-8,11H,10H2,1-3H3. The molecule has 0 saturated carbocycles. The second-order valence-electron chi connectivity index (χ2n) is 6.36. The van der Waals surface area contributed by atoms with Crippen LogP contribution in [0.1, 0.15) is 41.2 Å². The van der Waals surface area contributed by atoms with Gasteiger partial charge in [0.2, 0.25) is 5.91 Å². The SMILES string of the molecule is CC(=O)c1cc(C#N)c(SCc2csc(N(C(C)=O)c3ccccc3F)n2)nc1C. The predicted octanol–water partition coefficient (Wildman–Crippen LogP) is 5.04. The van der Waals surface area contributed by atoms with Crippen molar-refractivity contribution in [2.75, 3.05) is 4.90 Å². The number of ketones is 1. The van der Waals surface area contributed by atoms with Crippen LogP contribution in [0.4, 0.5) is 15.2 Å². The van der Waals surface area contributed by atoms with E-state index in [4.69, 9.17) is 0 Å². The lowest BCUT2D eigenvalue weighted by Gasteiger charge is -2.18. The lowest BCUT2D eigenvalue weighted by molar-refractivity contribution is -0.115. The molecule has 2 aromatic heterocycles. The third-order valence-electron chi connectivity index (χ3n) is 4.17. The summed E-state index contributed by atoms with van der Waals surface area (Å²) in [6.07, 6.45) is 0. The Morgan fingerprint density at radius 1 is 1.27 bits per heavy atom. The van der Waals surface area contributed by atoms with E-state index in [1.54, 1.807) is 30.5 Å². The van der Waals surface area contributed by atoms with Crippen LogP contribution in [0.2, 0.25) is 0 Å². The van der Waals surface area contributed by atoms with Crippen molar-refractivity contribution in [1.82, 2.24) is 9.97 Å². The molecule has 0 spiro atoms. The summed E-state index contributed by atoms with van der Waals surface area (Å²) < 4.78 is 14.2. The number of halogens is 1. The number of amides is 1. The number of hydrogen-bond acceptors (Lipinski definition) is 7. The number of pyridine rings is 1. The molecule has 3 rings (SSSR count). The Labute approximate surface area is 181 Å². The molecular weight excluding hydrogens is 423 g/mol. The Balaban J connectivity index is 1.83. The zero-order valence-electron chi connectivity index (χ0n) is 16.5. The quantitative estimate of drug-likeness (QED) is 0.394. The molecule has 2 heterocycles. The number of thiazole rings is 1. The summed E-state index contributed by atoms with van der Waals surface area (Å²) in [5, 5.41) is 12.0. The molecule has 1 amide bonds. The zero-order valence-corrected chi connectivity index (χ0v) is 18.1. The molecule has 0 N–H and O–H groups in total. The van der Waals surface area contributed by atoms with Crippen LogP contribution in [0.15, 0.2) is 40.7 Å². The van der Waals surface area contributed by atoms with Crippen molar-refractivity contribution in [3.63, 3.8) is 0 Å². The number of benzene rings is 1. The first-order valence-electron chi connectivity index (χ1n) is 8.87. The van der Waals surface area contributed by atoms with Crippen LogP contribution >= 0.6 is 23.1 Å². The van der Waals surface area contributed by atoms with Gasteiger partial charge < -0.3 is 0 Å². The van der Waals surface area contributed by atoms with Gasteiger partial charge in [-0.05, 0) is 32.0 Å². The Kier molecular flexibility index (Phi) is 6.59. The van der Waals surface area contributed by atoms with Crippen molar-refractivity contribution < 1.29 is 14.0 Å². The van der Waals surface area contributed by atoms with E-state index in [1.807, 2.05) is 0 Å². The molecule has 0 radical (unpaired) electrons. The first-order chi connectivity index (χ1) is 14.3. The molecule has 0 atom stereocenters. The highest BCUT2D eigenvalue weighted by Gasteiger charge is 2.21. The van der Waals surface area contributed by atoms with Gasteiger partial charge in [0.1, 0.15) is 16.9 Å². The summed E-state index contributed by atoms with van der Waals surface area (Å²) in [7, 11) is 0. The van der Waals surface area contributed by atoms with Gasteiger partial charge in [0.25, 0.3) is 0 Å². The number of carbonyl (C=O) groups is 2. The smallest absolute Gasteiger partial charge is 0.230 e. The first kappa shape index (κ1) is 21.6. The van der Waals surface area contributed by atoms with Crippen LogP contribution in [-0.4, -0.2) is 21.7 Å². The number of nitriles is 1. The van der Waals surface area contributed by atoms with E-state index >= 15 is 0 Å². The van der Waals surface area contributed by atoms with Crippen LogP contribution in [0, 0.1) is 24.1 Å². The van der Waals surface area contributed by atoms with Crippen molar-refractivity contribution in [2.24, 2.45) is 0 Å². The van der Waals surface area contributed by atoms with Gasteiger partial charge >= 0.3 is 0 Å². The third kappa shape index (κ3) is 4.56. The number of Topliss-reactive ketones (excluding diaryl/α,β-unsaturated/α-hetero) is 1. The summed E-state index contributed by atoms with van der Waals surface area (Å²) >= 11 is 2.54. The number of aryl methyl sites for hydroxylation is 1. The van der Waals surface area contributed by atoms with Crippen molar-refractivity contribution >= 4 is 45.6 Å². The van der Waals surface area contributed by atoms with Gasteiger partial charge in [-0.2, -0.15) is 5.26 Å². The lowest BCUT2D eigenvalue weighted by Crippen LogP contribution is -2.23. The first-order valence-corrected chi connectivity index (χ1v) is 10.7. The van der Waals surface area contributed by atoms with E-state index in [-0.39, 0.29) is 17.4 Å². The number of para-hydroxylation sites is 1. The lowest BCUT2D eigenvalue weighted by atomic mass is 10.1. The van der Waals surface area contributed by atoms with E-state index in [2.05, 4.69) is 16.0 Å². The molecule has 0 aliphatic carbocycles. The number of hydrogen-bond donors (Lipinski definition) is 0. The molecule has 0 saturated heterocycles. The molecule has 0 aliphatic rings. The minimum absolute atomic E-state index is 0.141. The summed E-state index contributed by atoms with van der Waals surface area (Å²) in [5.41, 5.74) is 2.12. The highest BCUT2D eigenvalue weighted by Crippen LogP contribution is 2.33. The summed E-state index contributed by atoms with van der Waals surface area (Å²) in [6.45, 7) is 4.51. The van der Waals surface area contributed by atoms with Gasteiger partial charge in [-0.25, -0.2) is 14.4 Å². The van der Waals surface area contributed by atoms with Gasteiger partial charge in [0.15, 0.2) is 10.9 Å². The number of anilines is 2. The maximum Gasteiger partial charge on any atom is 0.230 e. The largest absolute Gasteiger partial charge is 0.294 e. The van der Waals surface area contributed by atoms with Crippen molar-refractivity contribution in [3.05, 3.63) is 64.0 Å². The summed E-state index contributed by atoms with van der Waals surface area (Å²) in [4.78, 5) is 33.9. The molecule has 3 aromatic rings. The maximum absolute atomic E-state index is 14.2. The van der Waals surface area contributed by atoms with Gasteiger partial charge in [-0.1, -0.05) is 23.9 Å². The Hall–Kier alpha value is -3.09. The van der Waals surface area contributed by atoms with Crippen LogP contribution in [0.5, 0.6) is 0 Å². The second-order valence-corrected chi connectivity index (χ2v) is 8.16. The molecule has 0 bridgehead atoms. The topological polar surface area (TPSA) is 87.0 Å². The molecule has 6 nitrogen and oxygen atoms in total. The second kappa shape index (κ2) is 9.15. The minimum Gasteiger partial charge on any atom is -0.294 e. The number of rotatable bonds is 6. The van der Waals surface area contributed by atoms with Gasteiger partial charge in [0, 0.05) is 29.3 Å². The van der Waals surface area contributed by atoms with E-state index in [0.717, 1.165) is 0 Å². The summed E-state index contributed by atoms with van der Waals surface area (Å²) in [6, 6.07) is 9.64. The van der Waals surface area contributed by atoms with Crippen LogP contribution in [0.3, 0.4) is 0 Å². The fraction of sp³-hybridized carbons (Fsp3) is 0.190. The van der Waals surface area contributed by atoms with Crippen LogP contribution < -0.4 is 4.90 Å². The Morgan fingerprint density at radius 3 is 2.63 bits per heavy atom. The van der Waals surface area contributed by atoms with Crippen LogP contribution in [-0.2, 0) is 10.5 Å². The minimum atomic E-state index is -0.511. The molecule has 152 valence electrons. The summed E-state index contributed by atoms with van der Waals surface area (Å²) in [5.74, 6) is -0.602. The zero-order chi connectivity index (χ0) is 21.8. The fourth-order valence-electron chi connectivity index (χ4n) is 2.78. The number of nitrogens with zero attached hydrogens (tertiary/aromatic N) is 4. The van der Waals surface area contributed by atoms with Gasteiger partial charge in [-0.15, -0.1) is 11.3 Å². The number of thioether (sulfide) groups is 1. The third-order valence-corrected chi connectivity index (χ3v) is 6.07. The van der Waals surface area contributed by atoms with Crippen LogP contribution in [0.25, 0.3) is 0 Å². The van der Waals surface area contributed by atoms with Crippen molar-refractivity contribution in [3.8, 4) is 6.07 Å². The molecule has 30 heavy (non-hydrogen) atoms. The normalized spacial score (nSPS) is 10.5. The predicted molar refractivity (Wildman–Crippen MR) is 115 cm³/mol. The van der Waals surface area contributed by atoms with E-state index in [0.29, 0.717) is 38.4 Å². The molecular formula is C21H17FN4O2S2. The molecule has 9 heteroatoms. The average Bonchev–Trinajstić information content (AvgIpc) is 3.16. The molecule has 0 fully saturated rings. The fourth-order valence-corrected chi connectivity index (χ4v) is 4.66. The van der Waals surface area contributed by atoms with Crippen molar-refractivity contribution in [2.45, 2.75) is 31.6 Å². The molecule has 0 aliphatic heterocycles. The molecule has 0 unspecified atom stereocenters. The average molecular weight is 441 g/mol. The number of aromatic nitrogens is 2.